The Morgan fingerprint density at radius 2 is 1.52 bits per heavy atom. The van der Waals surface area contributed by atoms with Crippen LogP contribution in [0.3, 0.4) is 0 Å². The molecule has 2 atom stereocenters. The van der Waals surface area contributed by atoms with Crippen molar-refractivity contribution >= 4 is 23.7 Å². The molecule has 0 unspecified atom stereocenters. The summed E-state index contributed by atoms with van der Waals surface area (Å²) >= 11 is 0. The second kappa shape index (κ2) is 8.56. The molecule has 0 aromatic heterocycles. The maximum Gasteiger partial charge on any atom is 0.329 e. The minimum absolute atomic E-state index is 0.0000458. The third-order valence-corrected chi connectivity index (χ3v) is 8.89. The van der Waals surface area contributed by atoms with Crippen LogP contribution in [0.15, 0.2) is 0 Å². The lowest BCUT2D eigenvalue weighted by Crippen LogP contribution is -2.56. The molecule has 2 aliphatic heterocycles. The lowest BCUT2D eigenvalue weighted by Gasteiger charge is -2.56. The van der Waals surface area contributed by atoms with Gasteiger partial charge in [-0.05, 0) is 69.1 Å². The minimum atomic E-state index is -0.839. The fraction of sp³-hybridized carbons (Fsp3) is 0.833. The number of amides is 3. The summed E-state index contributed by atoms with van der Waals surface area (Å²) in [5.74, 6) is 0.310. The highest BCUT2D eigenvalue weighted by molar-refractivity contribution is 5.90. The first kappa shape index (κ1) is 22.6. The van der Waals surface area contributed by atoms with E-state index in [-0.39, 0.29) is 36.6 Å². The van der Waals surface area contributed by atoms with Gasteiger partial charge in [0.25, 0.3) is 5.91 Å². The highest BCUT2D eigenvalue weighted by Crippen LogP contribution is 2.60. The number of β-amino-alcohol motifs (C(OH)–C–C–N with tert-alkyl or cyclic N) is 1. The van der Waals surface area contributed by atoms with Crippen LogP contribution in [-0.2, 0) is 23.9 Å². The van der Waals surface area contributed by atoms with E-state index in [0.717, 1.165) is 19.3 Å². The molecule has 3 N–H and O–H groups in total. The molecule has 0 aromatic rings. The van der Waals surface area contributed by atoms with E-state index >= 15 is 0 Å². The number of nitrogens with zero attached hydrogens (tertiary/aromatic N) is 2. The first-order chi connectivity index (χ1) is 15.7. The van der Waals surface area contributed by atoms with Crippen LogP contribution in [0.2, 0.25) is 0 Å². The number of carbonyl (C=O) groups excluding carboxylic acids is 4. The third-order valence-electron chi connectivity index (χ3n) is 8.89. The van der Waals surface area contributed by atoms with Gasteiger partial charge in [0.1, 0.15) is 6.04 Å². The van der Waals surface area contributed by atoms with Crippen molar-refractivity contribution in [2.24, 2.45) is 34.8 Å². The fourth-order valence-corrected chi connectivity index (χ4v) is 7.67. The molecule has 9 heteroatoms. The van der Waals surface area contributed by atoms with Gasteiger partial charge in [0.15, 0.2) is 6.61 Å². The van der Waals surface area contributed by atoms with Gasteiger partial charge in [0, 0.05) is 32.0 Å². The van der Waals surface area contributed by atoms with Crippen LogP contribution in [0.4, 0.5) is 0 Å². The predicted octanol–water partition coefficient (Wildman–Crippen LogP) is 0.432. The van der Waals surface area contributed by atoms with Crippen molar-refractivity contribution in [3.63, 3.8) is 0 Å². The van der Waals surface area contributed by atoms with Gasteiger partial charge in [-0.15, -0.1) is 0 Å². The zero-order valence-electron chi connectivity index (χ0n) is 19.1. The lowest BCUT2D eigenvalue weighted by molar-refractivity contribution is -0.167. The number of hydrogen-bond donors (Lipinski definition) is 2. The number of aliphatic hydroxyl groups is 1. The molecular weight excluding hydrogens is 426 g/mol. The second-order valence-corrected chi connectivity index (χ2v) is 11.2. The number of hydrogen-bond acceptors (Lipinski definition) is 6. The number of aliphatic hydroxyl groups excluding tert-OH is 1. The van der Waals surface area contributed by atoms with Crippen molar-refractivity contribution in [2.45, 2.75) is 69.9 Å². The van der Waals surface area contributed by atoms with Crippen molar-refractivity contribution < 1.29 is 29.0 Å². The van der Waals surface area contributed by atoms with E-state index in [9.17, 15) is 24.3 Å². The van der Waals surface area contributed by atoms with Crippen molar-refractivity contribution in [3.8, 4) is 0 Å². The molecule has 0 spiro atoms. The number of carbonyl (C=O) groups is 4. The number of rotatable bonds is 5. The zero-order chi connectivity index (χ0) is 23.3. The average Bonchev–Trinajstić information content (AvgIpc) is 3.17. The minimum Gasteiger partial charge on any atom is -0.454 e. The van der Waals surface area contributed by atoms with Crippen LogP contribution in [0.5, 0.6) is 0 Å². The summed E-state index contributed by atoms with van der Waals surface area (Å²) in [4.78, 5) is 53.6. The van der Waals surface area contributed by atoms with Gasteiger partial charge in [-0.2, -0.15) is 0 Å². The topological polar surface area (TPSA) is 130 Å². The highest BCUT2D eigenvalue weighted by atomic mass is 16.5. The summed E-state index contributed by atoms with van der Waals surface area (Å²) in [6.45, 7) is 0.562. The van der Waals surface area contributed by atoms with E-state index in [4.69, 9.17) is 10.5 Å². The molecule has 6 fully saturated rings. The van der Waals surface area contributed by atoms with Gasteiger partial charge < -0.3 is 25.4 Å². The summed E-state index contributed by atoms with van der Waals surface area (Å²) in [7, 11) is 0. The van der Waals surface area contributed by atoms with Crippen LogP contribution in [0, 0.1) is 29.1 Å². The Balaban J connectivity index is 1.19. The Morgan fingerprint density at radius 3 is 2.06 bits per heavy atom. The van der Waals surface area contributed by atoms with Crippen LogP contribution in [-0.4, -0.2) is 77.0 Å². The molecule has 4 bridgehead atoms. The number of likely N-dealkylation sites (tertiary alicyclic amines) is 2. The fourth-order valence-electron chi connectivity index (χ4n) is 7.67. The molecule has 0 aromatic carbocycles. The molecule has 2 heterocycles. The Hall–Kier alpha value is -2.16. The molecule has 9 nitrogen and oxygen atoms in total. The molecule has 33 heavy (non-hydrogen) atoms. The Labute approximate surface area is 194 Å². The van der Waals surface area contributed by atoms with E-state index in [1.807, 2.05) is 0 Å². The quantitative estimate of drug-likeness (QED) is 0.571. The Morgan fingerprint density at radius 1 is 0.939 bits per heavy atom. The van der Waals surface area contributed by atoms with E-state index in [0.29, 0.717) is 43.7 Å². The van der Waals surface area contributed by atoms with Crippen LogP contribution in [0.25, 0.3) is 0 Å². The maximum atomic E-state index is 13.7. The van der Waals surface area contributed by atoms with Crippen LogP contribution >= 0.6 is 0 Å². The van der Waals surface area contributed by atoms with Crippen molar-refractivity contribution in [1.82, 2.24) is 9.80 Å². The van der Waals surface area contributed by atoms with Gasteiger partial charge in [-0.3, -0.25) is 14.4 Å². The van der Waals surface area contributed by atoms with Crippen molar-refractivity contribution in [3.05, 3.63) is 0 Å². The van der Waals surface area contributed by atoms with E-state index in [2.05, 4.69) is 0 Å². The summed E-state index contributed by atoms with van der Waals surface area (Å²) in [6, 6.07) is -0.839. The molecular formula is C24H35N3O6. The van der Waals surface area contributed by atoms with E-state index in [1.165, 1.54) is 19.3 Å². The zero-order valence-corrected chi connectivity index (χ0v) is 19.1. The monoisotopic (exact) mass is 461 g/mol. The largest absolute Gasteiger partial charge is 0.454 e. The Bertz CT molecular complexity index is 801. The molecule has 4 saturated carbocycles. The molecule has 2 saturated heterocycles. The normalized spacial score (nSPS) is 37.9. The molecule has 3 amide bonds. The Kier molecular flexibility index (Phi) is 5.87. The number of piperidine rings is 1. The number of esters is 1. The summed E-state index contributed by atoms with van der Waals surface area (Å²) < 4.78 is 5.34. The summed E-state index contributed by atoms with van der Waals surface area (Å²) in [6.07, 6.45) is 6.76. The second-order valence-electron chi connectivity index (χ2n) is 11.2. The van der Waals surface area contributed by atoms with E-state index in [1.54, 1.807) is 9.80 Å². The van der Waals surface area contributed by atoms with Gasteiger partial charge in [0.05, 0.1) is 11.5 Å². The van der Waals surface area contributed by atoms with Gasteiger partial charge >= 0.3 is 5.97 Å². The number of nitrogens with two attached hydrogens (primary N) is 1. The molecule has 6 rings (SSSR count). The first-order valence-electron chi connectivity index (χ1n) is 12.5. The summed E-state index contributed by atoms with van der Waals surface area (Å²) in [5.41, 5.74) is 4.94. The van der Waals surface area contributed by atoms with Crippen LogP contribution < -0.4 is 5.73 Å². The number of ether oxygens (including phenoxy) is 1. The summed E-state index contributed by atoms with van der Waals surface area (Å²) in [5, 5.41) is 10.3. The molecule has 182 valence electrons. The molecule has 0 radical (unpaired) electrons. The smallest absolute Gasteiger partial charge is 0.329 e. The number of primary amides is 1. The predicted molar refractivity (Wildman–Crippen MR) is 116 cm³/mol. The molecule has 6 aliphatic rings. The van der Waals surface area contributed by atoms with Crippen LogP contribution in [0.1, 0.15) is 57.8 Å². The van der Waals surface area contributed by atoms with Crippen molar-refractivity contribution in [2.75, 3.05) is 26.2 Å². The lowest BCUT2D eigenvalue weighted by atomic mass is 9.49. The maximum absolute atomic E-state index is 13.7. The average molecular weight is 462 g/mol. The van der Waals surface area contributed by atoms with Gasteiger partial charge in [-0.25, -0.2) is 4.79 Å². The third kappa shape index (κ3) is 4.24. The van der Waals surface area contributed by atoms with Gasteiger partial charge in [0.2, 0.25) is 11.8 Å². The highest BCUT2D eigenvalue weighted by Gasteiger charge is 2.57. The van der Waals surface area contributed by atoms with Gasteiger partial charge in [-0.1, -0.05) is 0 Å². The molecule has 4 aliphatic carbocycles. The first-order valence-corrected chi connectivity index (χ1v) is 12.5. The standard InChI is InChI=1S/C24H35N3O6/c25-21(30)17-1-3-26(4-2-17)20(29)13-33-22(31)19-8-18(28)12-27(19)23(32)24-9-14-5-15(10-24)7-16(6-14)11-24/h14-19,28H,1-13H2,(H2,25,30)/t14?,15?,16?,18-,19+,24?/m1/s1. The van der Waals surface area contributed by atoms with E-state index < -0.39 is 30.1 Å². The SMILES string of the molecule is NC(=O)C1CCN(C(=O)COC(=O)[C@@H]2C[C@@H](O)CN2C(=O)C23CC4CC(CC(C4)C2)C3)CC1. The van der Waals surface area contributed by atoms with Crippen molar-refractivity contribution in [1.29, 1.82) is 0 Å².